The average Bonchev–Trinajstić information content (AvgIpc) is 2.46. The largest absolute Gasteiger partial charge is 0.482 e. The molecule has 0 spiro atoms. The molecule has 0 saturated carbocycles. The van der Waals surface area contributed by atoms with Crippen molar-refractivity contribution in [2.75, 3.05) is 11.9 Å². The highest BCUT2D eigenvalue weighted by Crippen LogP contribution is 2.23. The molecular weight excluding hydrogens is 286 g/mol. The topological polar surface area (TPSA) is 38.3 Å². The number of amides is 1. The van der Waals surface area contributed by atoms with Crippen molar-refractivity contribution in [3.8, 4) is 5.75 Å². The van der Waals surface area contributed by atoms with Crippen molar-refractivity contribution in [2.45, 2.75) is 19.8 Å². The van der Waals surface area contributed by atoms with Gasteiger partial charge in [-0.2, -0.15) is 0 Å². The second-order valence-corrected chi connectivity index (χ2v) is 5.45. The Bertz CT molecular complexity index is 626. The maximum Gasteiger partial charge on any atom is 0.262 e. The molecule has 0 aliphatic rings. The average molecular weight is 304 g/mol. The van der Waals surface area contributed by atoms with Crippen molar-refractivity contribution in [1.82, 2.24) is 0 Å². The Morgan fingerprint density at radius 3 is 2.67 bits per heavy atom. The molecule has 110 valence electrons. The number of hydrogen-bond donors (Lipinski definition) is 1. The lowest BCUT2D eigenvalue weighted by molar-refractivity contribution is -0.118. The maximum absolute atomic E-state index is 11.9. The van der Waals surface area contributed by atoms with Crippen LogP contribution in [0.5, 0.6) is 5.75 Å². The van der Waals surface area contributed by atoms with Crippen LogP contribution in [0, 0.1) is 0 Å². The molecule has 2 aromatic rings. The van der Waals surface area contributed by atoms with Crippen LogP contribution in [0.3, 0.4) is 0 Å². The van der Waals surface area contributed by atoms with E-state index >= 15 is 0 Å². The predicted molar refractivity (Wildman–Crippen MR) is 86.1 cm³/mol. The zero-order valence-electron chi connectivity index (χ0n) is 12.1. The Morgan fingerprint density at radius 1 is 1.19 bits per heavy atom. The third kappa shape index (κ3) is 4.50. The molecule has 1 amide bonds. The minimum absolute atomic E-state index is 0.0738. The maximum atomic E-state index is 11.9. The smallest absolute Gasteiger partial charge is 0.262 e. The number of rotatable bonds is 5. The van der Waals surface area contributed by atoms with Crippen LogP contribution in [0.15, 0.2) is 48.5 Å². The molecule has 2 rings (SSSR count). The molecule has 2 aromatic carbocycles. The van der Waals surface area contributed by atoms with Gasteiger partial charge in [0, 0.05) is 5.69 Å². The standard InChI is InChI=1S/C17H18ClNO2/c1-12(2)13-6-5-7-14(10-13)19-17(20)11-21-16-9-4-3-8-15(16)18/h3-10,12H,11H2,1-2H3,(H,19,20). The van der Waals surface area contributed by atoms with Crippen molar-refractivity contribution in [1.29, 1.82) is 0 Å². The van der Waals surface area contributed by atoms with Gasteiger partial charge in [-0.15, -0.1) is 0 Å². The molecule has 0 heterocycles. The molecule has 1 N–H and O–H groups in total. The summed E-state index contributed by atoms with van der Waals surface area (Å²) >= 11 is 5.97. The third-order valence-corrected chi connectivity index (χ3v) is 3.34. The van der Waals surface area contributed by atoms with Gasteiger partial charge in [-0.3, -0.25) is 4.79 Å². The molecule has 3 nitrogen and oxygen atoms in total. The molecule has 0 atom stereocenters. The molecule has 21 heavy (non-hydrogen) atoms. The first-order valence-electron chi connectivity index (χ1n) is 6.83. The molecule has 0 bridgehead atoms. The van der Waals surface area contributed by atoms with Crippen LogP contribution in [0.4, 0.5) is 5.69 Å². The Balaban J connectivity index is 1.93. The summed E-state index contributed by atoms with van der Waals surface area (Å²) in [4.78, 5) is 11.9. The minimum Gasteiger partial charge on any atom is -0.482 e. The monoisotopic (exact) mass is 303 g/mol. The number of hydrogen-bond acceptors (Lipinski definition) is 2. The van der Waals surface area contributed by atoms with Crippen LogP contribution >= 0.6 is 11.6 Å². The van der Waals surface area contributed by atoms with Crippen LogP contribution in [-0.4, -0.2) is 12.5 Å². The molecule has 0 aliphatic carbocycles. The summed E-state index contributed by atoms with van der Waals surface area (Å²) in [6.45, 7) is 4.15. The summed E-state index contributed by atoms with van der Waals surface area (Å²) in [6, 6.07) is 14.9. The Labute approximate surface area is 129 Å². The van der Waals surface area contributed by atoms with E-state index in [4.69, 9.17) is 16.3 Å². The fraction of sp³-hybridized carbons (Fsp3) is 0.235. The predicted octanol–water partition coefficient (Wildman–Crippen LogP) is 4.48. The molecular formula is C17H18ClNO2. The number of halogens is 1. The van der Waals surface area contributed by atoms with Crippen molar-refractivity contribution < 1.29 is 9.53 Å². The van der Waals surface area contributed by atoms with E-state index in [1.165, 1.54) is 5.56 Å². The quantitative estimate of drug-likeness (QED) is 0.884. The first kappa shape index (κ1) is 15.4. The van der Waals surface area contributed by atoms with Crippen LogP contribution in [-0.2, 0) is 4.79 Å². The molecule has 0 unspecified atom stereocenters. The number of anilines is 1. The summed E-state index contributed by atoms with van der Waals surface area (Å²) in [5.74, 6) is 0.710. The van der Waals surface area contributed by atoms with Crippen LogP contribution in [0.1, 0.15) is 25.3 Å². The van der Waals surface area contributed by atoms with Gasteiger partial charge in [0.05, 0.1) is 5.02 Å². The van der Waals surface area contributed by atoms with E-state index < -0.39 is 0 Å². The first-order valence-corrected chi connectivity index (χ1v) is 7.21. The normalized spacial score (nSPS) is 10.5. The van der Waals surface area contributed by atoms with Gasteiger partial charge in [0.2, 0.25) is 0 Å². The van der Waals surface area contributed by atoms with Gasteiger partial charge in [-0.1, -0.05) is 49.7 Å². The molecule has 4 heteroatoms. The number of benzene rings is 2. The Hall–Kier alpha value is -2.00. The van der Waals surface area contributed by atoms with Gasteiger partial charge in [0.1, 0.15) is 5.75 Å². The second kappa shape index (κ2) is 7.14. The van der Waals surface area contributed by atoms with Gasteiger partial charge < -0.3 is 10.1 Å². The van der Waals surface area contributed by atoms with E-state index in [-0.39, 0.29) is 12.5 Å². The van der Waals surface area contributed by atoms with Gasteiger partial charge in [0.15, 0.2) is 6.61 Å². The zero-order valence-corrected chi connectivity index (χ0v) is 12.9. The van der Waals surface area contributed by atoms with E-state index in [1.807, 2.05) is 36.4 Å². The summed E-state index contributed by atoms with van der Waals surface area (Å²) in [5, 5.41) is 3.31. The number of carbonyl (C=O) groups is 1. The van der Waals surface area contributed by atoms with E-state index in [2.05, 4.69) is 19.2 Å². The van der Waals surface area contributed by atoms with Gasteiger partial charge >= 0.3 is 0 Å². The zero-order chi connectivity index (χ0) is 15.2. The lowest BCUT2D eigenvalue weighted by atomic mass is 10.0. The third-order valence-electron chi connectivity index (χ3n) is 3.03. The van der Waals surface area contributed by atoms with E-state index in [0.717, 1.165) is 5.69 Å². The summed E-state index contributed by atoms with van der Waals surface area (Å²) in [6.07, 6.45) is 0. The second-order valence-electron chi connectivity index (χ2n) is 5.05. The highest BCUT2D eigenvalue weighted by atomic mass is 35.5. The lowest BCUT2D eigenvalue weighted by Gasteiger charge is -2.11. The number of ether oxygens (including phenoxy) is 1. The highest BCUT2D eigenvalue weighted by Gasteiger charge is 2.07. The van der Waals surface area contributed by atoms with Crippen molar-refractivity contribution in [3.05, 3.63) is 59.1 Å². The van der Waals surface area contributed by atoms with Crippen LogP contribution in [0.2, 0.25) is 5.02 Å². The van der Waals surface area contributed by atoms with Crippen molar-refractivity contribution >= 4 is 23.2 Å². The molecule has 0 aromatic heterocycles. The van der Waals surface area contributed by atoms with Gasteiger partial charge in [-0.05, 0) is 35.7 Å². The summed E-state index contributed by atoms with van der Waals surface area (Å²) in [5.41, 5.74) is 1.95. The SMILES string of the molecule is CC(C)c1cccc(NC(=O)COc2ccccc2Cl)c1. The van der Waals surface area contributed by atoms with Crippen LogP contribution < -0.4 is 10.1 Å². The minimum atomic E-state index is -0.212. The van der Waals surface area contributed by atoms with E-state index in [1.54, 1.807) is 12.1 Å². The van der Waals surface area contributed by atoms with Gasteiger partial charge in [-0.25, -0.2) is 0 Å². The van der Waals surface area contributed by atoms with Crippen LogP contribution in [0.25, 0.3) is 0 Å². The molecule has 0 aliphatic heterocycles. The van der Waals surface area contributed by atoms with Gasteiger partial charge in [0.25, 0.3) is 5.91 Å². The van der Waals surface area contributed by atoms with E-state index in [9.17, 15) is 4.79 Å². The summed E-state index contributed by atoms with van der Waals surface area (Å²) in [7, 11) is 0. The van der Waals surface area contributed by atoms with E-state index in [0.29, 0.717) is 16.7 Å². The first-order chi connectivity index (χ1) is 10.1. The number of para-hydroxylation sites is 1. The lowest BCUT2D eigenvalue weighted by Crippen LogP contribution is -2.20. The summed E-state index contributed by atoms with van der Waals surface area (Å²) < 4.78 is 5.40. The fourth-order valence-electron chi connectivity index (χ4n) is 1.88. The molecule has 0 radical (unpaired) electrons. The van der Waals surface area contributed by atoms with Crippen molar-refractivity contribution in [2.24, 2.45) is 0 Å². The molecule has 0 fully saturated rings. The molecule has 0 saturated heterocycles. The Kier molecular flexibility index (Phi) is 5.23. The van der Waals surface area contributed by atoms with Crippen molar-refractivity contribution in [3.63, 3.8) is 0 Å². The highest BCUT2D eigenvalue weighted by molar-refractivity contribution is 6.32. The number of carbonyl (C=O) groups excluding carboxylic acids is 1. The fourth-order valence-corrected chi connectivity index (χ4v) is 2.07. The Morgan fingerprint density at radius 2 is 1.95 bits per heavy atom. The number of nitrogens with one attached hydrogen (secondary N) is 1.